The monoisotopic (exact) mass is 316 g/mol. The Morgan fingerprint density at radius 1 is 1.43 bits per heavy atom. The van der Waals surface area contributed by atoms with Gasteiger partial charge in [-0.2, -0.15) is 0 Å². The van der Waals surface area contributed by atoms with Gasteiger partial charge in [0.05, 0.1) is 4.92 Å². The number of nitrogens with zero attached hydrogens (tertiary/aromatic N) is 1. The highest BCUT2D eigenvalue weighted by Crippen LogP contribution is 2.25. The lowest BCUT2D eigenvalue weighted by Crippen LogP contribution is -2.31. The maximum atomic E-state index is 12.0. The number of nitrogens with one attached hydrogen (secondary N) is 2. The molecule has 0 heterocycles. The Bertz CT molecular complexity index is 644. The van der Waals surface area contributed by atoms with Crippen molar-refractivity contribution in [2.24, 2.45) is 0 Å². The molecule has 0 fully saturated rings. The number of carbonyl (C=O) groups is 1. The quantitative estimate of drug-likeness (QED) is 0.366. The van der Waals surface area contributed by atoms with Crippen LogP contribution in [0.1, 0.15) is 13.3 Å². The summed E-state index contributed by atoms with van der Waals surface area (Å²) >= 11 is 0. The molecule has 10 heteroatoms. The third kappa shape index (κ3) is 4.68. The molecule has 0 unspecified atom stereocenters. The molecule has 1 rings (SSSR count). The number of nitro groups is 1. The summed E-state index contributed by atoms with van der Waals surface area (Å²) in [4.78, 5) is 20.7. The summed E-state index contributed by atoms with van der Waals surface area (Å²) in [5, 5.41) is 13.4. The number of carbonyl (C=O) groups excluding carboxylic acids is 1. The molecule has 0 radical (unpaired) electrons. The number of amides is 1. The summed E-state index contributed by atoms with van der Waals surface area (Å²) in [7, 11) is -4.12. The first-order valence-electron chi connectivity index (χ1n) is 6.08. The lowest BCUT2D eigenvalue weighted by atomic mass is 10.3. The zero-order valence-electron chi connectivity index (χ0n) is 11.3. The van der Waals surface area contributed by atoms with Crippen LogP contribution in [0.3, 0.4) is 0 Å². The van der Waals surface area contributed by atoms with E-state index in [9.17, 15) is 23.3 Å². The van der Waals surface area contributed by atoms with Gasteiger partial charge in [-0.25, -0.2) is 13.1 Å². The Kier molecular flexibility index (Phi) is 5.61. The molecule has 4 N–H and O–H groups in total. The van der Waals surface area contributed by atoms with Crippen molar-refractivity contribution >= 4 is 27.3 Å². The van der Waals surface area contributed by atoms with Crippen LogP contribution in [0.15, 0.2) is 23.1 Å². The first-order chi connectivity index (χ1) is 9.77. The fourth-order valence-electron chi connectivity index (χ4n) is 1.56. The van der Waals surface area contributed by atoms with Gasteiger partial charge in [0.15, 0.2) is 4.90 Å². The van der Waals surface area contributed by atoms with Gasteiger partial charge in [-0.1, -0.05) is 0 Å². The summed E-state index contributed by atoms with van der Waals surface area (Å²) < 4.78 is 26.2. The predicted octanol–water partition coefficient (Wildman–Crippen LogP) is -0.0185. The number of sulfonamides is 1. The van der Waals surface area contributed by atoms with E-state index in [0.717, 1.165) is 12.1 Å². The van der Waals surface area contributed by atoms with Crippen molar-refractivity contribution in [2.75, 3.05) is 18.8 Å². The third-order valence-electron chi connectivity index (χ3n) is 2.49. The fraction of sp³-hybridized carbons (Fsp3) is 0.364. The lowest BCUT2D eigenvalue weighted by Gasteiger charge is -2.08. The molecule has 0 bridgehead atoms. The summed E-state index contributed by atoms with van der Waals surface area (Å²) in [5.41, 5.74) is 4.98. The van der Waals surface area contributed by atoms with Gasteiger partial charge in [0.1, 0.15) is 0 Å². The highest BCUT2D eigenvalue weighted by atomic mass is 32.2. The van der Waals surface area contributed by atoms with E-state index in [1.807, 2.05) is 0 Å². The SMILES string of the molecule is CCNC(=O)CCNS(=O)(=O)c1cc(N)ccc1[N+](=O)[O-]. The van der Waals surface area contributed by atoms with Crippen molar-refractivity contribution < 1.29 is 18.1 Å². The van der Waals surface area contributed by atoms with Crippen molar-refractivity contribution in [3.05, 3.63) is 28.3 Å². The first kappa shape index (κ1) is 16.9. The molecule has 1 aromatic carbocycles. The van der Waals surface area contributed by atoms with E-state index in [0.29, 0.717) is 6.54 Å². The van der Waals surface area contributed by atoms with E-state index < -0.39 is 25.5 Å². The van der Waals surface area contributed by atoms with Gasteiger partial charge in [0.25, 0.3) is 5.69 Å². The van der Waals surface area contributed by atoms with Crippen LogP contribution in [-0.4, -0.2) is 32.3 Å². The van der Waals surface area contributed by atoms with Crippen molar-refractivity contribution in [3.8, 4) is 0 Å². The van der Waals surface area contributed by atoms with Crippen LogP contribution in [0.5, 0.6) is 0 Å². The average Bonchev–Trinajstić information content (AvgIpc) is 2.38. The van der Waals surface area contributed by atoms with Crippen molar-refractivity contribution in [2.45, 2.75) is 18.2 Å². The minimum Gasteiger partial charge on any atom is -0.399 e. The topological polar surface area (TPSA) is 144 Å². The third-order valence-corrected chi connectivity index (χ3v) is 3.98. The van der Waals surface area contributed by atoms with Gasteiger partial charge in [-0.3, -0.25) is 14.9 Å². The van der Waals surface area contributed by atoms with Gasteiger partial charge in [-0.05, 0) is 19.1 Å². The van der Waals surface area contributed by atoms with Crippen LogP contribution in [0.25, 0.3) is 0 Å². The van der Waals surface area contributed by atoms with Gasteiger partial charge in [0.2, 0.25) is 15.9 Å². The maximum absolute atomic E-state index is 12.0. The van der Waals surface area contributed by atoms with Crippen LogP contribution in [-0.2, 0) is 14.8 Å². The molecular weight excluding hydrogens is 300 g/mol. The first-order valence-corrected chi connectivity index (χ1v) is 7.56. The zero-order chi connectivity index (χ0) is 16.0. The standard InChI is InChI=1S/C11H16N4O5S/c1-2-13-11(16)5-6-14-21(19,20)10-7-8(12)3-4-9(10)15(17)18/h3-4,7,14H,2,5-6,12H2,1H3,(H,13,16). The highest BCUT2D eigenvalue weighted by Gasteiger charge is 2.25. The molecule has 0 aliphatic heterocycles. The smallest absolute Gasteiger partial charge is 0.289 e. The van der Waals surface area contributed by atoms with Crippen LogP contribution >= 0.6 is 0 Å². The summed E-state index contributed by atoms with van der Waals surface area (Å²) in [6, 6.07) is 3.27. The molecule has 116 valence electrons. The molecule has 0 aliphatic rings. The summed E-state index contributed by atoms with van der Waals surface area (Å²) in [5.74, 6) is -0.317. The van der Waals surface area contributed by atoms with Gasteiger partial charge >= 0.3 is 0 Å². The average molecular weight is 316 g/mol. The molecule has 0 saturated carbocycles. The molecular formula is C11H16N4O5S. The van der Waals surface area contributed by atoms with E-state index in [1.54, 1.807) is 6.92 Å². The Morgan fingerprint density at radius 2 is 2.10 bits per heavy atom. The number of nitrogens with two attached hydrogens (primary N) is 1. The number of nitrogen functional groups attached to an aromatic ring is 1. The minimum absolute atomic E-state index is 0.0663. The van der Waals surface area contributed by atoms with Crippen molar-refractivity contribution in [3.63, 3.8) is 0 Å². The van der Waals surface area contributed by atoms with E-state index in [4.69, 9.17) is 5.73 Å². The maximum Gasteiger partial charge on any atom is 0.289 e. The largest absolute Gasteiger partial charge is 0.399 e. The fourth-order valence-corrected chi connectivity index (χ4v) is 2.79. The summed E-state index contributed by atoms with van der Waals surface area (Å²) in [6.45, 7) is 2.00. The molecule has 21 heavy (non-hydrogen) atoms. The number of rotatable bonds is 7. The Balaban J connectivity index is 2.90. The summed E-state index contributed by atoms with van der Waals surface area (Å²) in [6.07, 6.45) is -0.0663. The molecule has 0 aliphatic carbocycles. The normalized spacial score (nSPS) is 11.1. The van der Waals surface area contributed by atoms with Crippen LogP contribution in [0.4, 0.5) is 11.4 Å². The molecule has 0 atom stereocenters. The number of hydrogen-bond acceptors (Lipinski definition) is 6. The predicted molar refractivity (Wildman–Crippen MR) is 76.0 cm³/mol. The van der Waals surface area contributed by atoms with Gasteiger partial charge < -0.3 is 11.1 Å². The number of hydrogen-bond donors (Lipinski definition) is 3. The second-order valence-corrected chi connectivity index (χ2v) is 5.82. The zero-order valence-corrected chi connectivity index (χ0v) is 12.1. The van der Waals surface area contributed by atoms with E-state index in [2.05, 4.69) is 10.0 Å². The second kappa shape index (κ2) is 6.99. The van der Waals surface area contributed by atoms with E-state index >= 15 is 0 Å². The molecule has 9 nitrogen and oxygen atoms in total. The molecule has 1 aromatic rings. The number of anilines is 1. The van der Waals surface area contributed by atoms with Crippen LogP contribution in [0.2, 0.25) is 0 Å². The lowest BCUT2D eigenvalue weighted by molar-refractivity contribution is -0.387. The molecule has 0 aromatic heterocycles. The van der Waals surface area contributed by atoms with Gasteiger partial charge in [0, 0.05) is 31.3 Å². The molecule has 0 saturated heterocycles. The van der Waals surface area contributed by atoms with Crippen LogP contribution in [0, 0.1) is 10.1 Å². The van der Waals surface area contributed by atoms with Gasteiger partial charge in [-0.15, -0.1) is 0 Å². The highest BCUT2D eigenvalue weighted by molar-refractivity contribution is 7.89. The van der Waals surface area contributed by atoms with Crippen molar-refractivity contribution in [1.82, 2.24) is 10.0 Å². The number of nitro benzene ring substituents is 1. The Hall–Kier alpha value is -2.20. The molecule has 0 spiro atoms. The number of benzene rings is 1. The molecule has 1 amide bonds. The minimum atomic E-state index is -4.12. The Labute approximate surface area is 121 Å². The second-order valence-electron chi connectivity index (χ2n) is 4.09. The van der Waals surface area contributed by atoms with E-state index in [1.165, 1.54) is 6.07 Å². The van der Waals surface area contributed by atoms with E-state index in [-0.39, 0.29) is 24.6 Å². The Morgan fingerprint density at radius 3 is 2.67 bits per heavy atom. The van der Waals surface area contributed by atoms with Crippen LogP contribution < -0.4 is 15.8 Å². The van der Waals surface area contributed by atoms with Crippen molar-refractivity contribution in [1.29, 1.82) is 0 Å².